The van der Waals surface area contributed by atoms with Gasteiger partial charge in [0.2, 0.25) is 5.91 Å². The lowest BCUT2D eigenvalue weighted by Crippen LogP contribution is -2.31. The summed E-state index contributed by atoms with van der Waals surface area (Å²) in [5.74, 6) is 0.283. The second kappa shape index (κ2) is 5.07. The van der Waals surface area contributed by atoms with Crippen molar-refractivity contribution in [2.24, 2.45) is 5.92 Å². The fraction of sp³-hybridized carbons (Fsp3) is 0.500. The third-order valence-corrected chi connectivity index (χ3v) is 3.03. The maximum Gasteiger partial charge on any atom is 0.224 e. The first-order valence-corrected chi connectivity index (χ1v) is 5.65. The van der Waals surface area contributed by atoms with Gasteiger partial charge in [0.1, 0.15) is 0 Å². The molecule has 1 aliphatic heterocycles. The molecular formula is C12H17N3O. The molecule has 86 valence electrons. The van der Waals surface area contributed by atoms with Crippen molar-refractivity contribution in [3.63, 3.8) is 0 Å². The molecule has 1 unspecified atom stereocenters. The van der Waals surface area contributed by atoms with E-state index in [1.54, 1.807) is 6.20 Å². The lowest BCUT2D eigenvalue weighted by Gasteiger charge is -2.10. The summed E-state index contributed by atoms with van der Waals surface area (Å²) < 4.78 is 0. The summed E-state index contributed by atoms with van der Waals surface area (Å²) in [5.41, 5.74) is 2.25. The van der Waals surface area contributed by atoms with Crippen molar-refractivity contribution in [3.05, 3.63) is 29.6 Å². The Balaban J connectivity index is 1.87. The van der Waals surface area contributed by atoms with Gasteiger partial charge in [0.25, 0.3) is 0 Å². The Morgan fingerprint density at radius 1 is 1.69 bits per heavy atom. The molecule has 0 radical (unpaired) electrons. The first-order chi connectivity index (χ1) is 7.77. The molecule has 1 fully saturated rings. The molecular weight excluding hydrogens is 202 g/mol. The molecule has 0 aliphatic carbocycles. The standard InChI is InChI=1S/C12H17N3O/c1-9-2-4-13-7-11(9)8-15-12(16)10-3-5-14-6-10/h2,4,7,10,14H,3,5-6,8H2,1H3,(H,15,16). The second-order valence-electron chi connectivity index (χ2n) is 4.21. The minimum atomic E-state index is 0.136. The Morgan fingerprint density at radius 3 is 3.25 bits per heavy atom. The quantitative estimate of drug-likeness (QED) is 0.783. The SMILES string of the molecule is Cc1ccncc1CNC(=O)C1CCNC1. The average molecular weight is 219 g/mol. The number of hydrogen-bond donors (Lipinski definition) is 2. The normalized spacial score (nSPS) is 19.7. The first-order valence-electron chi connectivity index (χ1n) is 5.65. The molecule has 4 heteroatoms. The smallest absolute Gasteiger partial charge is 0.224 e. The van der Waals surface area contributed by atoms with Gasteiger partial charge in [-0.3, -0.25) is 9.78 Å². The zero-order chi connectivity index (χ0) is 11.4. The molecule has 0 aromatic carbocycles. The predicted molar refractivity (Wildman–Crippen MR) is 61.8 cm³/mol. The molecule has 1 aromatic rings. The van der Waals surface area contributed by atoms with Crippen LogP contribution in [0.5, 0.6) is 0 Å². The van der Waals surface area contributed by atoms with E-state index in [2.05, 4.69) is 15.6 Å². The first kappa shape index (κ1) is 11.1. The summed E-state index contributed by atoms with van der Waals surface area (Å²) in [6.45, 7) is 4.36. The molecule has 2 heterocycles. The number of nitrogens with one attached hydrogen (secondary N) is 2. The molecule has 4 nitrogen and oxygen atoms in total. The van der Waals surface area contributed by atoms with Crippen molar-refractivity contribution in [1.82, 2.24) is 15.6 Å². The Bertz CT molecular complexity index is 372. The van der Waals surface area contributed by atoms with Crippen LogP contribution in [0.3, 0.4) is 0 Å². The van der Waals surface area contributed by atoms with Crippen LogP contribution in [0, 0.1) is 12.8 Å². The average Bonchev–Trinajstić information content (AvgIpc) is 2.81. The highest BCUT2D eigenvalue weighted by Gasteiger charge is 2.21. The van der Waals surface area contributed by atoms with Gasteiger partial charge in [-0.15, -0.1) is 0 Å². The third kappa shape index (κ3) is 2.58. The van der Waals surface area contributed by atoms with Crippen LogP contribution in [0.25, 0.3) is 0 Å². The summed E-state index contributed by atoms with van der Waals surface area (Å²) in [7, 11) is 0. The van der Waals surface area contributed by atoms with Gasteiger partial charge in [0.15, 0.2) is 0 Å². The van der Waals surface area contributed by atoms with E-state index in [-0.39, 0.29) is 11.8 Å². The molecule has 0 spiro atoms. The van der Waals surface area contributed by atoms with Gasteiger partial charge in [-0.2, -0.15) is 0 Å². The van der Waals surface area contributed by atoms with E-state index in [9.17, 15) is 4.79 Å². The van der Waals surface area contributed by atoms with E-state index >= 15 is 0 Å². The molecule has 2 rings (SSSR count). The molecule has 1 aliphatic rings. The number of nitrogens with zero attached hydrogens (tertiary/aromatic N) is 1. The van der Waals surface area contributed by atoms with Crippen LogP contribution >= 0.6 is 0 Å². The lowest BCUT2D eigenvalue weighted by atomic mass is 10.1. The van der Waals surface area contributed by atoms with Crippen molar-refractivity contribution >= 4 is 5.91 Å². The van der Waals surface area contributed by atoms with Crippen molar-refractivity contribution in [2.75, 3.05) is 13.1 Å². The van der Waals surface area contributed by atoms with Gasteiger partial charge < -0.3 is 10.6 Å². The number of aryl methyl sites for hydroxylation is 1. The number of amides is 1. The van der Waals surface area contributed by atoms with E-state index in [4.69, 9.17) is 0 Å². The summed E-state index contributed by atoms with van der Waals surface area (Å²) in [4.78, 5) is 15.8. The van der Waals surface area contributed by atoms with Crippen LogP contribution in [0.2, 0.25) is 0 Å². The number of carbonyl (C=O) groups is 1. The van der Waals surface area contributed by atoms with Crippen molar-refractivity contribution in [2.45, 2.75) is 19.9 Å². The Kier molecular flexibility index (Phi) is 3.51. The number of carbonyl (C=O) groups excluding carboxylic acids is 1. The van der Waals surface area contributed by atoms with E-state index in [1.165, 1.54) is 5.56 Å². The fourth-order valence-corrected chi connectivity index (χ4v) is 1.89. The highest BCUT2D eigenvalue weighted by Crippen LogP contribution is 2.09. The molecule has 1 aromatic heterocycles. The van der Waals surface area contributed by atoms with Gasteiger partial charge in [0, 0.05) is 25.5 Å². The number of pyridine rings is 1. The molecule has 1 saturated heterocycles. The van der Waals surface area contributed by atoms with Crippen LogP contribution in [0.1, 0.15) is 17.5 Å². The zero-order valence-corrected chi connectivity index (χ0v) is 9.49. The van der Waals surface area contributed by atoms with E-state index in [0.717, 1.165) is 25.1 Å². The van der Waals surface area contributed by atoms with Gasteiger partial charge in [-0.1, -0.05) is 0 Å². The largest absolute Gasteiger partial charge is 0.352 e. The van der Waals surface area contributed by atoms with Crippen LogP contribution < -0.4 is 10.6 Å². The minimum absolute atomic E-state index is 0.136. The molecule has 1 atom stereocenters. The topological polar surface area (TPSA) is 54.0 Å². The van der Waals surface area contributed by atoms with Gasteiger partial charge >= 0.3 is 0 Å². The van der Waals surface area contributed by atoms with Crippen LogP contribution in [0.15, 0.2) is 18.5 Å². The van der Waals surface area contributed by atoms with Gasteiger partial charge in [-0.25, -0.2) is 0 Å². The molecule has 16 heavy (non-hydrogen) atoms. The number of aromatic nitrogens is 1. The molecule has 2 N–H and O–H groups in total. The Hall–Kier alpha value is -1.42. The summed E-state index contributed by atoms with van der Waals surface area (Å²) in [6, 6.07) is 1.96. The Morgan fingerprint density at radius 2 is 2.56 bits per heavy atom. The van der Waals surface area contributed by atoms with Gasteiger partial charge in [0.05, 0.1) is 5.92 Å². The zero-order valence-electron chi connectivity index (χ0n) is 9.49. The molecule has 0 saturated carbocycles. The summed E-state index contributed by atoms with van der Waals surface area (Å²) in [6.07, 6.45) is 4.52. The van der Waals surface area contributed by atoms with Gasteiger partial charge in [-0.05, 0) is 37.1 Å². The van der Waals surface area contributed by atoms with Crippen molar-refractivity contribution < 1.29 is 4.79 Å². The van der Waals surface area contributed by atoms with Crippen LogP contribution in [-0.4, -0.2) is 24.0 Å². The third-order valence-electron chi connectivity index (χ3n) is 3.03. The molecule has 1 amide bonds. The second-order valence-corrected chi connectivity index (χ2v) is 4.21. The number of rotatable bonds is 3. The fourth-order valence-electron chi connectivity index (χ4n) is 1.89. The van der Waals surface area contributed by atoms with Crippen LogP contribution in [0.4, 0.5) is 0 Å². The van der Waals surface area contributed by atoms with Crippen molar-refractivity contribution in [1.29, 1.82) is 0 Å². The highest BCUT2D eigenvalue weighted by atomic mass is 16.1. The van der Waals surface area contributed by atoms with E-state index in [0.29, 0.717) is 6.54 Å². The monoisotopic (exact) mass is 219 g/mol. The summed E-state index contributed by atoms with van der Waals surface area (Å²) in [5, 5.41) is 6.15. The Labute approximate surface area is 95.5 Å². The maximum atomic E-state index is 11.8. The minimum Gasteiger partial charge on any atom is -0.352 e. The summed E-state index contributed by atoms with van der Waals surface area (Å²) >= 11 is 0. The lowest BCUT2D eigenvalue weighted by molar-refractivity contribution is -0.124. The highest BCUT2D eigenvalue weighted by molar-refractivity contribution is 5.79. The van der Waals surface area contributed by atoms with E-state index < -0.39 is 0 Å². The maximum absolute atomic E-state index is 11.8. The van der Waals surface area contributed by atoms with E-state index in [1.807, 2.05) is 19.2 Å². The molecule has 0 bridgehead atoms. The predicted octanol–water partition coefficient (Wildman–Crippen LogP) is 0.616. The number of hydrogen-bond acceptors (Lipinski definition) is 3. The van der Waals surface area contributed by atoms with Crippen molar-refractivity contribution in [3.8, 4) is 0 Å². The van der Waals surface area contributed by atoms with Crippen LogP contribution in [-0.2, 0) is 11.3 Å².